The molecule has 0 fully saturated rings. The lowest BCUT2D eigenvalue weighted by Crippen LogP contribution is -2.39. The molecule has 4 nitrogen and oxygen atoms in total. The number of carbonyl (C=O) groups excluding carboxylic acids is 1. The zero-order valence-corrected chi connectivity index (χ0v) is 11.8. The van der Waals surface area contributed by atoms with Crippen LogP contribution in [-0.2, 0) is 4.74 Å². The lowest BCUT2D eigenvalue weighted by atomic mass is 10.1. The smallest absolute Gasteiger partial charge is 0.410 e. The molecular formula is C13H18N2O2S. The molecular weight excluding hydrogens is 248 g/mol. The van der Waals surface area contributed by atoms with Gasteiger partial charge in [0, 0.05) is 30.2 Å². The molecule has 5 heteroatoms. The summed E-state index contributed by atoms with van der Waals surface area (Å²) in [5, 5.41) is 2.00. The van der Waals surface area contributed by atoms with Gasteiger partial charge in [0.15, 0.2) is 0 Å². The Morgan fingerprint density at radius 1 is 1.50 bits per heavy atom. The van der Waals surface area contributed by atoms with Gasteiger partial charge >= 0.3 is 6.09 Å². The number of hydrogen-bond donors (Lipinski definition) is 0. The quantitative estimate of drug-likeness (QED) is 0.784. The fourth-order valence-electron chi connectivity index (χ4n) is 1.80. The second kappa shape index (κ2) is 5.10. The fourth-order valence-corrected chi connectivity index (χ4v) is 2.36. The van der Waals surface area contributed by atoms with Crippen LogP contribution in [-0.4, -0.2) is 34.1 Å². The van der Waals surface area contributed by atoms with Crippen molar-refractivity contribution in [2.75, 3.05) is 13.1 Å². The molecule has 0 N–H and O–H groups in total. The summed E-state index contributed by atoms with van der Waals surface area (Å²) in [7, 11) is 0. The summed E-state index contributed by atoms with van der Waals surface area (Å²) in [5.74, 6) is 0. The molecule has 0 atom stereocenters. The molecule has 0 aliphatic carbocycles. The van der Waals surface area contributed by atoms with Gasteiger partial charge in [-0.05, 0) is 44.3 Å². The number of aromatic nitrogens is 1. The van der Waals surface area contributed by atoms with Crippen molar-refractivity contribution in [3.63, 3.8) is 0 Å². The summed E-state index contributed by atoms with van der Waals surface area (Å²) in [5.41, 5.74) is 1.82. The number of rotatable bonds is 1. The number of nitrogens with zero attached hydrogens (tertiary/aromatic N) is 2. The average molecular weight is 266 g/mol. The van der Waals surface area contributed by atoms with Crippen LogP contribution < -0.4 is 0 Å². The highest BCUT2D eigenvalue weighted by Crippen LogP contribution is 2.22. The lowest BCUT2D eigenvalue weighted by molar-refractivity contribution is 0.0273. The number of amides is 1. The minimum atomic E-state index is -0.442. The zero-order valence-electron chi connectivity index (χ0n) is 11.0. The molecule has 2 heterocycles. The lowest BCUT2D eigenvalue weighted by Gasteiger charge is -2.30. The molecule has 1 aromatic heterocycles. The molecule has 1 aromatic rings. The van der Waals surface area contributed by atoms with Crippen molar-refractivity contribution in [1.29, 1.82) is 0 Å². The monoisotopic (exact) mass is 266 g/mol. The second-order valence-corrected chi connectivity index (χ2v) is 5.99. The van der Waals surface area contributed by atoms with E-state index in [9.17, 15) is 4.79 Å². The van der Waals surface area contributed by atoms with Crippen LogP contribution in [0.25, 0.3) is 5.57 Å². The second-order valence-electron chi connectivity index (χ2n) is 5.33. The van der Waals surface area contributed by atoms with Gasteiger partial charge in [0.05, 0.1) is 0 Å². The third-order valence-corrected chi connectivity index (χ3v) is 3.19. The summed E-state index contributed by atoms with van der Waals surface area (Å²) in [4.78, 5) is 13.7. The Kier molecular flexibility index (Phi) is 3.71. The molecule has 98 valence electrons. The van der Waals surface area contributed by atoms with E-state index in [0.29, 0.717) is 6.54 Å². The first-order valence-corrected chi connectivity index (χ1v) is 6.86. The van der Waals surface area contributed by atoms with E-state index in [2.05, 4.69) is 10.4 Å². The predicted molar refractivity (Wildman–Crippen MR) is 72.5 cm³/mol. The first kappa shape index (κ1) is 13.1. The van der Waals surface area contributed by atoms with Gasteiger partial charge in [-0.2, -0.15) is 0 Å². The topological polar surface area (TPSA) is 42.4 Å². The SMILES string of the molecule is CC(C)(C)OC(=O)N1CCC=C(c2cnsc2)C1. The van der Waals surface area contributed by atoms with Crippen LogP contribution in [0.15, 0.2) is 17.7 Å². The summed E-state index contributed by atoms with van der Waals surface area (Å²) in [6.45, 7) is 6.97. The Morgan fingerprint density at radius 3 is 2.89 bits per heavy atom. The van der Waals surface area contributed by atoms with E-state index >= 15 is 0 Å². The Morgan fingerprint density at radius 2 is 2.28 bits per heavy atom. The minimum Gasteiger partial charge on any atom is -0.444 e. The van der Waals surface area contributed by atoms with Crippen LogP contribution in [0.1, 0.15) is 32.8 Å². The number of carbonyl (C=O) groups is 1. The Balaban J connectivity index is 2.02. The van der Waals surface area contributed by atoms with Crippen LogP contribution in [0.2, 0.25) is 0 Å². The molecule has 0 saturated heterocycles. The molecule has 0 saturated carbocycles. The van der Waals surface area contributed by atoms with Crippen LogP contribution in [0.4, 0.5) is 4.79 Å². The van der Waals surface area contributed by atoms with Crippen molar-refractivity contribution in [2.24, 2.45) is 0 Å². The number of hydrogen-bond acceptors (Lipinski definition) is 4. The largest absolute Gasteiger partial charge is 0.444 e. The average Bonchev–Trinajstić information content (AvgIpc) is 2.80. The summed E-state index contributed by atoms with van der Waals surface area (Å²) in [6.07, 6.45) is 4.64. The van der Waals surface area contributed by atoms with Crippen molar-refractivity contribution in [1.82, 2.24) is 9.27 Å². The molecule has 1 aliphatic heterocycles. The van der Waals surface area contributed by atoms with Gasteiger partial charge in [-0.15, -0.1) is 0 Å². The van der Waals surface area contributed by atoms with E-state index in [1.807, 2.05) is 32.3 Å². The standard InChI is InChI=1S/C13H18N2O2S/c1-13(2,3)17-12(16)15-6-4-5-10(8-15)11-7-14-18-9-11/h5,7,9H,4,6,8H2,1-3H3. The van der Waals surface area contributed by atoms with Gasteiger partial charge in [-0.25, -0.2) is 9.17 Å². The Labute approximate surface area is 111 Å². The summed E-state index contributed by atoms with van der Waals surface area (Å²) >= 11 is 1.43. The highest BCUT2D eigenvalue weighted by molar-refractivity contribution is 7.03. The van der Waals surface area contributed by atoms with Gasteiger partial charge in [-0.3, -0.25) is 0 Å². The van der Waals surface area contributed by atoms with Crippen molar-refractivity contribution < 1.29 is 9.53 Å². The minimum absolute atomic E-state index is 0.240. The highest BCUT2D eigenvalue weighted by atomic mass is 32.1. The van der Waals surface area contributed by atoms with Gasteiger partial charge in [-0.1, -0.05) is 6.08 Å². The van der Waals surface area contributed by atoms with Gasteiger partial charge in [0.25, 0.3) is 0 Å². The first-order chi connectivity index (χ1) is 8.46. The molecule has 0 spiro atoms. The molecule has 1 aliphatic rings. The molecule has 0 bridgehead atoms. The third-order valence-electron chi connectivity index (χ3n) is 2.61. The van der Waals surface area contributed by atoms with Crippen molar-refractivity contribution in [3.8, 4) is 0 Å². The predicted octanol–water partition coefficient (Wildman–Crippen LogP) is 3.17. The van der Waals surface area contributed by atoms with Crippen LogP contribution in [0.3, 0.4) is 0 Å². The third kappa shape index (κ3) is 3.32. The molecule has 18 heavy (non-hydrogen) atoms. The van der Waals surface area contributed by atoms with E-state index in [1.54, 1.807) is 4.90 Å². The molecule has 0 aromatic carbocycles. The Bertz CT molecular complexity index is 446. The van der Waals surface area contributed by atoms with E-state index in [0.717, 1.165) is 24.1 Å². The van der Waals surface area contributed by atoms with Crippen LogP contribution >= 0.6 is 11.5 Å². The van der Waals surface area contributed by atoms with Crippen molar-refractivity contribution >= 4 is 23.2 Å². The van der Waals surface area contributed by atoms with E-state index < -0.39 is 5.60 Å². The number of ether oxygens (including phenoxy) is 1. The van der Waals surface area contributed by atoms with Crippen LogP contribution in [0.5, 0.6) is 0 Å². The van der Waals surface area contributed by atoms with E-state index in [4.69, 9.17) is 4.74 Å². The van der Waals surface area contributed by atoms with E-state index in [1.165, 1.54) is 11.5 Å². The fraction of sp³-hybridized carbons (Fsp3) is 0.538. The van der Waals surface area contributed by atoms with Crippen LogP contribution in [0, 0.1) is 0 Å². The molecule has 0 unspecified atom stereocenters. The Hall–Kier alpha value is -1.36. The first-order valence-electron chi connectivity index (χ1n) is 6.02. The van der Waals surface area contributed by atoms with Gasteiger partial charge in [0.2, 0.25) is 0 Å². The van der Waals surface area contributed by atoms with Crippen molar-refractivity contribution in [2.45, 2.75) is 32.8 Å². The highest BCUT2D eigenvalue weighted by Gasteiger charge is 2.24. The van der Waals surface area contributed by atoms with Crippen molar-refractivity contribution in [3.05, 3.63) is 23.2 Å². The normalized spacial score (nSPS) is 16.4. The van der Waals surface area contributed by atoms with E-state index in [-0.39, 0.29) is 6.09 Å². The molecule has 0 radical (unpaired) electrons. The van der Waals surface area contributed by atoms with Gasteiger partial charge < -0.3 is 9.64 Å². The molecule has 1 amide bonds. The maximum absolute atomic E-state index is 12.0. The molecule has 2 rings (SSSR count). The van der Waals surface area contributed by atoms with Gasteiger partial charge in [0.1, 0.15) is 5.60 Å². The summed E-state index contributed by atoms with van der Waals surface area (Å²) in [6, 6.07) is 0. The maximum Gasteiger partial charge on any atom is 0.410 e. The maximum atomic E-state index is 12.0. The summed E-state index contributed by atoms with van der Waals surface area (Å²) < 4.78 is 9.48. The zero-order chi connectivity index (χ0) is 13.2.